The molecule has 0 aromatic rings. The second-order valence-electron chi connectivity index (χ2n) is 6.16. The van der Waals surface area contributed by atoms with Crippen molar-refractivity contribution < 1.29 is 4.79 Å². The number of amides is 1. The van der Waals surface area contributed by atoms with Gasteiger partial charge in [-0.15, -0.1) is 0 Å². The number of rotatable bonds is 3. The van der Waals surface area contributed by atoms with Gasteiger partial charge in [0, 0.05) is 24.5 Å². The molecular formula is C14H28N2O. The minimum Gasteiger partial charge on any atom is -0.354 e. The normalized spacial score (nSPS) is 26.0. The van der Waals surface area contributed by atoms with E-state index in [0.717, 1.165) is 19.4 Å². The van der Waals surface area contributed by atoms with Crippen LogP contribution < -0.4 is 5.32 Å². The minimum atomic E-state index is 0.108. The fourth-order valence-corrected chi connectivity index (χ4v) is 3.10. The number of nitrogens with one attached hydrogen (secondary N) is 1. The topological polar surface area (TPSA) is 32.3 Å². The molecule has 1 N–H and O–H groups in total. The molecule has 0 spiro atoms. The van der Waals surface area contributed by atoms with Gasteiger partial charge in [0.25, 0.3) is 0 Å². The molecule has 0 aromatic carbocycles. The summed E-state index contributed by atoms with van der Waals surface area (Å²) in [5.74, 6) is 0.108. The summed E-state index contributed by atoms with van der Waals surface area (Å²) in [4.78, 5) is 13.6. The molecule has 17 heavy (non-hydrogen) atoms. The van der Waals surface area contributed by atoms with E-state index in [9.17, 15) is 4.79 Å². The van der Waals surface area contributed by atoms with Crippen molar-refractivity contribution in [3.8, 4) is 0 Å². The number of hydrogen-bond acceptors (Lipinski definition) is 2. The first-order chi connectivity index (χ1) is 7.84. The SMILES string of the molecule is CCN(C1CCC(NC(C)=O)CC1)C(C)(C)C. The molecule has 1 amide bonds. The third-order valence-corrected chi connectivity index (χ3v) is 3.75. The molecule has 1 aliphatic carbocycles. The zero-order chi connectivity index (χ0) is 13.1. The van der Waals surface area contributed by atoms with Crippen LogP contribution in [0.3, 0.4) is 0 Å². The van der Waals surface area contributed by atoms with E-state index < -0.39 is 0 Å². The Morgan fingerprint density at radius 2 is 1.76 bits per heavy atom. The van der Waals surface area contributed by atoms with E-state index in [1.54, 1.807) is 6.92 Å². The molecular weight excluding hydrogens is 212 g/mol. The Labute approximate surface area is 106 Å². The van der Waals surface area contributed by atoms with Gasteiger partial charge in [-0.05, 0) is 53.0 Å². The third-order valence-electron chi connectivity index (χ3n) is 3.75. The van der Waals surface area contributed by atoms with Crippen molar-refractivity contribution in [1.29, 1.82) is 0 Å². The second-order valence-corrected chi connectivity index (χ2v) is 6.16. The van der Waals surface area contributed by atoms with Gasteiger partial charge in [0.1, 0.15) is 0 Å². The average Bonchev–Trinajstić information content (AvgIpc) is 2.18. The molecule has 0 heterocycles. The van der Waals surface area contributed by atoms with Crippen LogP contribution in [-0.4, -0.2) is 35.0 Å². The Hall–Kier alpha value is -0.570. The van der Waals surface area contributed by atoms with Crippen molar-refractivity contribution >= 4 is 5.91 Å². The van der Waals surface area contributed by atoms with Crippen molar-refractivity contribution in [3.05, 3.63) is 0 Å². The van der Waals surface area contributed by atoms with Crippen LogP contribution in [-0.2, 0) is 4.79 Å². The van der Waals surface area contributed by atoms with Gasteiger partial charge in [-0.1, -0.05) is 6.92 Å². The molecule has 3 heteroatoms. The van der Waals surface area contributed by atoms with Crippen molar-refractivity contribution in [1.82, 2.24) is 10.2 Å². The molecule has 1 fully saturated rings. The predicted octanol–water partition coefficient (Wildman–Crippen LogP) is 2.55. The van der Waals surface area contributed by atoms with Gasteiger partial charge in [-0.3, -0.25) is 9.69 Å². The summed E-state index contributed by atoms with van der Waals surface area (Å²) in [5, 5.41) is 3.04. The molecule has 1 rings (SSSR count). The predicted molar refractivity (Wildman–Crippen MR) is 72.0 cm³/mol. The molecule has 1 saturated carbocycles. The van der Waals surface area contributed by atoms with Gasteiger partial charge in [0.2, 0.25) is 5.91 Å². The second kappa shape index (κ2) is 5.85. The first-order valence-corrected chi connectivity index (χ1v) is 6.88. The van der Waals surface area contributed by atoms with E-state index in [1.807, 2.05) is 0 Å². The van der Waals surface area contributed by atoms with Crippen LogP contribution in [0.4, 0.5) is 0 Å². The highest BCUT2D eigenvalue weighted by Crippen LogP contribution is 2.28. The lowest BCUT2D eigenvalue weighted by Crippen LogP contribution is -2.50. The maximum absolute atomic E-state index is 11.0. The van der Waals surface area contributed by atoms with E-state index >= 15 is 0 Å². The van der Waals surface area contributed by atoms with Crippen molar-refractivity contribution in [2.45, 2.75) is 77.9 Å². The summed E-state index contributed by atoms with van der Waals surface area (Å²) in [7, 11) is 0. The Morgan fingerprint density at radius 3 is 2.12 bits per heavy atom. The van der Waals surface area contributed by atoms with Crippen LogP contribution in [0.1, 0.15) is 60.3 Å². The zero-order valence-electron chi connectivity index (χ0n) is 12.0. The number of nitrogens with zero attached hydrogens (tertiary/aromatic N) is 1. The zero-order valence-corrected chi connectivity index (χ0v) is 12.0. The largest absolute Gasteiger partial charge is 0.354 e. The minimum absolute atomic E-state index is 0.108. The summed E-state index contributed by atoms with van der Waals surface area (Å²) in [6.45, 7) is 11.8. The first-order valence-electron chi connectivity index (χ1n) is 6.88. The molecule has 3 nitrogen and oxygen atoms in total. The van der Waals surface area contributed by atoms with E-state index in [4.69, 9.17) is 0 Å². The summed E-state index contributed by atoms with van der Waals surface area (Å²) in [6, 6.07) is 1.09. The molecule has 0 atom stereocenters. The molecule has 100 valence electrons. The van der Waals surface area contributed by atoms with Crippen LogP contribution in [0.5, 0.6) is 0 Å². The lowest BCUT2D eigenvalue weighted by molar-refractivity contribution is -0.120. The van der Waals surface area contributed by atoms with E-state index in [-0.39, 0.29) is 11.4 Å². The maximum atomic E-state index is 11.0. The summed E-state index contributed by atoms with van der Waals surface area (Å²) >= 11 is 0. The molecule has 0 saturated heterocycles. The molecule has 0 unspecified atom stereocenters. The lowest BCUT2D eigenvalue weighted by Gasteiger charge is -2.44. The Bertz CT molecular complexity index is 249. The first kappa shape index (κ1) is 14.5. The highest BCUT2D eigenvalue weighted by Gasteiger charge is 2.31. The lowest BCUT2D eigenvalue weighted by atomic mass is 9.87. The monoisotopic (exact) mass is 240 g/mol. The molecule has 0 bridgehead atoms. The Morgan fingerprint density at radius 1 is 1.24 bits per heavy atom. The smallest absolute Gasteiger partial charge is 0.217 e. The van der Waals surface area contributed by atoms with Gasteiger partial charge in [0.05, 0.1) is 0 Å². The van der Waals surface area contributed by atoms with Gasteiger partial charge >= 0.3 is 0 Å². The fraction of sp³-hybridized carbons (Fsp3) is 0.929. The summed E-state index contributed by atoms with van der Waals surface area (Å²) in [5.41, 5.74) is 0.250. The number of carbonyl (C=O) groups excluding carboxylic acids is 1. The van der Waals surface area contributed by atoms with Gasteiger partial charge in [-0.25, -0.2) is 0 Å². The Kier molecular flexibility index (Phi) is 4.99. The van der Waals surface area contributed by atoms with Crippen molar-refractivity contribution in [2.75, 3.05) is 6.54 Å². The quantitative estimate of drug-likeness (QED) is 0.822. The molecule has 0 radical (unpaired) electrons. The van der Waals surface area contributed by atoms with Gasteiger partial charge < -0.3 is 5.32 Å². The highest BCUT2D eigenvalue weighted by atomic mass is 16.1. The summed E-state index contributed by atoms with van der Waals surface area (Å²) < 4.78 is 0. The third kappa shape index (κ3) is 4.30. The Balaban J connectivity index is 2.48. The fourth-order valence-electron chi connectivity index (χ4n) is 3.10. The van der Waals surface area contributed by atoms with E-state index in [1.165, 1.54) is 12.8 Å². The molecule has 0 aliphatic heterocycles. The average molecular weight is 240 g/mol. The van der Waals surface area contributed by atoms with Crippen LogP contribution in [0.2, 0.25) is 0 Å². The highest BCUT2D eigenvalue weighted by molar-refractivity contribution is 5.73. The van der Waals surface area contributed by atoms with Crippen molar-refractivity contribution in [3.63, 3.8) is 0 Å². The van der Waals surface area contributed by atoms with Crippen molar-refractivity contribution in [2.24, 2.45) is 0 Å². The standard InChI is InChI=1S/C14H28N2O/c1-6-16(14(3,4)5)13-9-7-12(8-10-13)15-11(2)17/h12-13H,6-10H2,1-5H3,(H,15,17). The number of carbonyl (C=O) groups is 1. The van der Waals surface area contributed by atoms with E-state index in [2.05, 4.69) is 37.9 Å². The van der Waals surface area contributed by atoms with Crippen LogP contribution in [0.25, 0.3) is 0 Å². The van der Waals surface area contributed by atoms with Crippen LogP contribution in [0.15, 0.2) is 0 Å². The number of hydrogen-bond donors (Lipinski definition) is 1. The van der Waals surface area contributed by atoms with Crippen LogP contribution in [0, 0.1) is 0 Å². The summed E-state index contributed by atoms with van der Waals surface area (Å²) in [6.07, 6.45) is 4.65. The van der Waals surface area contributed by atoms with Gasteiger partial charge in [-0.2, -0.15) is 0 Å². The maximum Gasteiger partial charge on any atom is 0.217 e. The van der Waals surface area contributed by atoms with E-state index in [0.29, 0.717) is 12.1 Å². The molecule has 0 aromatic heterocycles. The molecule has 1 aliphatic rings. The van der Waals surface area contributed by atoms with Gasteiger partial charge in [0.15, 0.2) is 0 Å². The van der Waals surface area contributed by atoms with Crippen LogP contribution >= 0.6 is 0 Å².